The number of ether oxygens (including phenoxy) is 1. The molecule has 4 nitrogen and oxygen atoms in total. The zero-order chi connectivity index (χ0) is 16.7. The predicted molar refractivity (Wildman–Crippen MR) is 88.0 cm³/mol. The zero-order valence-corrected chi connectivity index (χ0v) is 15.5. The molecule has 0 heterocycles. The van der Waals surface area contributed by atoms with Crippen LogP contribution >= 0.6 is 7.37 Å². The van der Waals surface area contributed by atoms with Crippen LogP contribution < -0.4 is 0 Å². The Morgan fingerprint density at radius 2 is 1.76 bits per heavy atom. The molecule has 0 bridgehead atoms. The summed E-state index contributed by atoms with van der Waals surface area (Å²) < 4.78 is 23.6. The number of hydrogen-bond acceptors (Lipinski definition) is 4. The average Bonchev–Trinajstić information content (AvgIpc) is 2.25. The molecule has 0 aliphatic rings. The Bertz CT molecular complexity index is 405. The van der Waals surface area contributed by atoms with E-state index in [0.717, 1.165) is 0 Å². The van der Waals surface area contributed by atoms with Crippen molar-refractivity contribution in [3.63, 3.8) is 0 Å². The molecule has 1 unspecified atom stereocenters. The summed E-state index contributed by atoms with van der Waals surface area (Å²) >= 11 is 0. The highest BCUT2D eigenvalue weighted by Crippen LogP contribution is 2.50. The van der Waals surface area contributed by atoms with Crippen molar-refractivity contribution in [2.45, 2.75) is 48.5 Å². The third kappa shape index (κ3) is 9.10. The third-order valence-electron chi connectivity index (χ3n) is 2.56. The summed E-state index contributed by atoms with van der Waals surface area (Å²) in [5, 5.41) is 0. The highest BCUT2D eigenvalue weighted by Gasteiger charge is 2.29. The van der Waals surface area contributed by atoms with Crippen LogP contribution in [0, 0.1) is 11.3 Å². The van der Waals surface area contributed by atoms with Crippen molar-refractivity contribution < 1.29 is 18.6 Å². The first-order chi connectivity index (χ1) is 9.53. The molecule has 0 aromatic rings. The molecule has 0 aromatic carbocycles. The number of hydrogen-bond donors (Lipinski definition) is 0. The summed E-state index contributed by atoms with van der Waals surface area (Å²) in [7, 11) is -2.86. The minimum atomic E-state index is -2.86. The van der Waals surface area contributed by atoms with Crippen molar-refractivity contribution in [1.82, 2.24) is 0 Å². The fourth-order valence-electron chi connectivity index (χ4n) is 2.13. The van der Waals surface area contributed by atoms with Crippen molar-refractivity contribution in [3.05, 3.63) is 11.6 Å². The van der Waals surface area contributed by atoms with Crippen LogP contribution in [0.25, 0.3) is 0 Å². The Hall–Kier alpha value is -0.600. The molecule has 124 valence electrons. The van der Waals surface area contributed by atoms with Gasteiger partial charge in [0.2, 0.25) is 7.37 Å². The summed E-state index contributed by atoms with van der Waals surface area (Å²) in [4.78, 5) is 12.1. The van der Waals surface area contributed by atoms with Gasteiger partial charge < -0.3 is 9.26 Å². The van der Waals surface area contributed by atoms with Gasteiger partial charge >= 0.3 is 5.97 Å². The largest absolute Gasteiger partial charge is 0.463 e. The molecule has 0 saturated heterocycles. The maximum absolute atomic E-state index is 13.0. The first-order valence-corrected chi connectivity index (χ1v) is 9.64. The number of allylic oxidation sites excluding steroid dienone is 1. The summed E-state index contributed by atoms with van der Waals surface area (Å²) in [6, 6.07) is 0. The lowest BCUT2D eigenvalue weighted by Crippen LogP contribution is -2.17. The van der Waals surface area contributed by atoms with E-state index in [4.69, 9.17) is 9.26 Å². The summed E-state index contributed by atoms with van der Waals surface area (Å²) in [5.74, 6) is -0.142. The smallest absolute Gasteiger partial charge is 0.334 e. The van der Waals surface area contributed by atoms with E-state index in [1.54, 1.807) is 6.92 Å². The fourth-order valence-corrected chi connectivity index (χ4v) is 4.78. The van der Waals surface area contributed by atoms with E-state index in [0.29, 0.717) is 24.9 Å². The van der Waals surface area contributed by atoms with Crippen molar-refractivity contribution >= 4 is 13.3 Å². The monoisotopic (exact) mass is 318 g/mol. The van der Waals surface area contributed by atoms with Gasteiger partial charge in [0.25, 0.3) is 0 Å². The molecule has 0 aliphatic carbocycles. The van der Waals surface area contributed by atoms with Crippen LogP contribution in [0.1, 0.15) is 48.5 Å². The minimum Gasteiger partial charge on any atom is -0.463 e. The lowest BCUT2D eigenvalue weighted by atomic mass is 9.94. The van der Waals surface area contributed by atoms with Crippen LogP contribution in [0.4, 0.5) is 0 Å². The lowest BCUT2D eigenvalue weighted by Gasteiger charge is -2.22. The molecule has 0 amide bonds. The van der Waals surface area contributed by atoms with Gasteiger partial charge in [0, 0.05) is 11.7 Å². The van der Waals surface area contributed by atoms with E-state index in [1.807, 2.05) is 47.6 Å². The molecule has 0 fully saturated rings. The predicted octanol–water partition coefficient (Wildman–Crippen LogP) is 4.49. The van der Waals surface area contributed by atoms with Gasteiger partial charge in [0.05, 0.1) is 19.4 Å². The van der Waals surface area contributed by atoms with Crippen LogP contribution in [0.5, 0.6) is 0 Å². The van der Waals surface area contributed by atoms with Crippen molar-refractivity contribution in [1.29, 1.82) is 0 Å². The Balaban J connectivity index is 5.38. The highest BCUT2D eigenvalue weighted by molar-refractivity contribution is 7.59. The maximum atomic E-state index is 13.0. The topological polar surface area (TPSA) is 52.6 Å². The van der Waals surface area contributed by atoms with Gasteiger partial charge in [0.1, 0.15) is 0 Å². The molecule has 0 saturated carbocycles. The molecular weight excluding hydrogens is 287 g/mol. The normalized spacial score (nSPS) is 15.9. The summed E-state index contributed by atoms with van der Waals surface area (Å²) in [6.45, 7) is 14.3. The molecular formula is C16H31O4P. The second-order valence-electron chi connectivity index (χ2n) is 6.72. The number of esters is 1. The van der Waals surface area contributed by atoms with Crippen molar-refractivity contribution in [2.24, 2.45) is 11.3 Å². The molecule has 5 heteroatoms. The van der Waals surface area contributed by atoms with Gasteiger partial charge in [-0.05, 0) is 25.2 Å². The Labute approximate surface area is 129 Å². The molecule has 1 atom stereocenters. The SMILES string of the molecule is CCOC(=O)/C(=C\C(C)(C)C)CP(=O)(CC(C)C)OCC. The number of carbonyl (C=O) groups is 1. The van der Waals surface area contributed by atoms with E-state index in [2.05, 4.69) is 0 Å². The second kappa shape index (κ2) is 8.75. The first-order valence-electron chi connectivity index (χ1n) is 7.64. The van der Waals surface area contributed by atoms with E-state index < -0.39 is 13.3 Å². The zero-order valence-electron chi connectivity index (χ0n) is 14.6. The van der Waals surface area contributed by atoms with Crippen LogP contribution in [-0.4, -0.2) is 31.5 Å². The number of rotatable bonds is 8. The highest BCUT2D eigenvalue weighted by atomic mass is 31.2. The van der Waals surface area contributed by atoms with Crippen LogP contribution in [0.3, 0.4) is 0 Å². The van der Waals surface area contributed by atoms with Gasteiger partial charge in [-0.3, -0.25) is 4.57 Å². The molecule has 21 heavy (non-hydrogen) atoms. The standard InChI is InChI=1S/C16H31O4P/c1-8-19-15(17)14(10-16(5,6)7)12-21(18,20-9-2)11-13(3)4/h10,13H,8-9,11-12H2,1-7H3/b14-10-. The van der Waals surface area contributed by atoms with Crippen molar-refractivity contribution in [2.75, 3.05) is 25.5 Å². The second-order valence-corrected chi connectivity index (χ2v) is 9.29. The fraction of sp³-hybridized carbons (Fsp3) is 0.812. The quantitative estimate of drug-likeness (QED) is 0.376. The Kier molecular flexibility index (Phi) is 8.50. The molecule has 0 rings (SSSR count). The van der Waals surface area contributed by atoms with Gasteiger partial charge in [0.15, 0.2) is 0 Å². The third-order valence-corrected chi connectivity index (χ3v) is 5.40. The lowest BCUT2D eigenvalue weighted by molar-refractivity contribution is -0.138. The van der Waals surface area contributed by atoms with Gasteiger partial charge in [-0.2, -0.15) is 0 Å². The van der Waals surface area contributed by atoms with Crippen LogP contribution in [0.2, 0.25) is 0 Å². The van der Waals surface area contributed by atoms with Crippen LogP contribution in [-0.2, 0) is 18.6 Å². The molecule has 0 spiro atoms. The maximum Gasteiger partial charge on any atom is 0.334 e. The van der Waals surface area contributed by atoms with Crippen LogP contribution in [0.15, 0.2) is 11.6 Å². The Morgan fingerprint density at radius 3 is 2.14 bits per heavy atom. The minimum absolute atomic E-state index is 0.148. The van der Waals surface area contributed by atoms with E-state index >= 15 is 0 Å². The Morgan fingerprint density at radius 1 is 1.19 bits per heavy atom. The average molecular weight is 318 g/mol. The molecule has 0 aliphatic heterocycles. The first kappa shape index (κ1) is 20.4. The number of carbonyl (C=O) groups excluding carboxylic acids is 1. The van der Waals surface area contributed by atoms with E-state index in [9.17, 15) is 9.36 Å². The molecule has 0 aromatic heterocycles. The summed E-state index contributed by atoms with van der Waals surface area (Å²) in [5.41, 5.74) is 0.276. The van der Waals surface area contributed by atoms with Gasteiger partial charge in [-0.25, -0.2) is 4.79 Å². The van der Waals surface area contributed by atoms with Gasteiger partial charge in [-0.1, -0.05) is 40.7 Å². The van der Waals surface area contributed by atoms with E-state index in [-0.39, 0.29) is 17.5 Å². The van der Waals surface area contributed by atoms with Gasteiger partial charge in [-0.15, -0.1) is 0 Å². The summed E-state index contributed by atoms with van der Waals surface area (Å²) in [6.07, 6.45) is 2.47. The van der Waals surface area contributed by atoms with E-state index in [1.165, 1.54) is 0 Å². The van der Waals surface area contributed by atoms with Crippen molar-refractivity contribution in [3.8, 4) is 0 Å². The molecule has 0 N–H and O–H groups in total. The molecule has 0 radical (unpaired) electrons.